The SMILES string of the molecule is COc1ccc(C(C)NC(=O)C(=O)Nc2cc(Cl)ccc2O)cc1OC. The van der Waals surface area contributed by atoms with Gasteiger partial charge in [-0.15, -0.1) is 0 Å². The van der Waals surface area contributed by atoms with Gasteiger partial charge in [0.05, 0.1) is 25.9 Å². The average molecular weight is 379 g/mol. The lowest BCUT2D eigenvalue weighted by Crippen LogP contribution is -2.36. The number of phenolic OH excluding ortho intramolecular Hbond substituents is 1. The van der Waals surface area contributed by atoms with E-state index in [1.807, 2.05) is 0 Å². The monoisotopic (exact) mass is 378 g/mol. The molecule has 0 aromatic heterocycles. The number of carbonyl (C=O) groups excluding carboxylic acids is 2. The van der Waals surface area contributed by atoms with Gasteiger partial charge in [0.2, 0.25) is 0 Å². The van der Waals surface area contributed by atoms with E-state index in [4.69, 9.17) is 21.1 Å². The summed E-state index contributed by atoms with van der Waals surface area (Å²) >= 11 is 5.81. The summed E-state index contributed by atoms with van der Waals surface area (Å²) in [4.78, 5) is 24.2. The molecular weight excluding hydrogens is 360 g/mol. The Bertz CT molecular complexity index is 825. The lowest BCUT2D eigenvalue weighted by Gasteiger charge is -2.16. The van der Waals surface area contributed by atoms with Crippen LogP contribution in [0.3, 0.4) is 0 Å². The summed E-state index contributed by atoms with van der Waals surface area (Å²) in [6.07, 6.45) is 0. The first kappa shape index (κ1) is 19.4. The predicted octanol–water partition coefficient (Wildman–Crippen LogP) is 2.88. The number of halogens is 1. The number of carbonyl (C=O) groups is 2. The fraction of sp³-hybridized carbons (Fsp3) is 0.222. The number of benzene rings is 2. The predicted molar refractivity (Wildman–Crippen MR) is 97.9 cm³/mol. The van der Waals surface area contributed by atoms with Crippen molar-refractivity contribution in [3.05, 3.63) is 47.0 Å². The lowest BCUT2D eigenvalue weighted by atomic mass is 10.1. The summed E-state index contributed by atoms with van der Waals surface area (Å²) < 4.78 is 10.4. The Labute approximate surface area is 155 Å². The maximum atomic E-state index is 12.1. The van der Waals surface area contributed by atoms with E-state index < -0.39 is 17.9 Å². The van der Waals surface area contributed by atoms with Crippen LogP contribution in [0.15, 0.2) is 36.4 Å². The molecule has 2 rings (SSSR count). The second kappa shape index (κ2) is 8.44. The van der Waals surface area contributed by atoms with Crippen LogP contribution >= 0.6 is 11.6 Å². The van der Waals surface area contributed by atoms with E-state index in [1.54, 1.807) is 25.1 Å². The molecule has 2 aromatic carbocycles. The van der Waals surface area contributed by atoms with Gasteiger partial charge in [0.15, 0.2) is 11.5 Å². The maximum absolute atomic E-state index is 12.1. The Kier molecular flexibility index (Phi) is 6.30. The summed E-state index contributed by atoms with van der Waals surface area (Å²) in [5.74, 6) is -0.895. The zero-order valence-corrected chi connectivity index (χ0v) is 15.3. The molecule has 0 saturated carbocycles. The molecule has 0 aliphatic heterocycles. The molecule has 0 saturated heterocycles. The van der Waals surface area contributed by atoms with Crippen LogP contribution in [-0.2, 0) is 9.59 Å². The van der Waals surface area contributed by atoms with E-state index in [2.05, 4.69) is 10.6 Å². The highest BCUT2D eigenvalue weighted by atomic mass is 35.5. The number of nitrogens with one attached hydrogen (secondary N) is 2. The van der Waals surface area contributed by atoms with Crippen LogP contribution in [0.2, 0.25) is 5.02 Å². The van der Waals surface area contributed by atoms with E-state index in [-0.39, 0.29) is 11.4 Å². The van der Waals surface area contributed by atoms with Crippen LogP contribution in [0.1, 0.15) is 18.5 Å². The summed E-state index contributed by atoms with van der Waals surface area (Å²) in [5, 5.41) is 14.9. The van der Waals surface area contributed by atoms with Crippen LogP contribution in [0.5, 0.6) is 17.2 Å². The van der Waals surface area contributed by atoms with Gasteiger partial charge in [-0.3, -0.25) is 9.59 Å². The Morgan fingerprint density at radius 2 is 1.73 bits per heavy atom. The van der Waals surface area contributed by atoms with Crippen LogP contribution in [0, 0.1) is 0 Å². The van der Waals surface area contributed by atoms with Crippen molar-refractivity contribution in [2.24, 2.45) is 0 Å². The van der Waals surface area contributed by atoms with E-state index in [9.17, 15) is 14.7 Å². The Balaban J connectivity index is 2.06. The number of methoxy groups -OCH3 is 2. The van der Waals surface area contributed by atoms with Gasteiger partial charge >= 0.3 is 11.8 Å². The van der Waals surface area contributed by atoms with E-state index in [1.165, 1.54) is 32.4 Å². The molecule has 138 valence electrons. The molecule has 26 heavy (non-hydrogen) atoms. The summed E-state index contributed by atoms with van der Waals surface area (Å²) in [5.41, 5.74) is 0.783. The first-order chi connectivity index (χ1) is 12.3. The fourth-order valence-corrected chi connectivity index (χ4v) is 2.43. The smallest absolute Gasteiger partial charge is 0.313 e. The summed E-state index contributed by atoms with van der Waals surface area (Å²) in [6, 6.07) is 8.85. The van der Waals surface area contributed by atoms with Crippen LogP contribution < -0.4 is 20.1 Å². The molecule has 1 unspecified atom stereocenters. The first-order valence-corrected chi connectivity index (χ1v) is 8.05. The maximum Gasteiger partial charge on any atom is 0.313 e. The molecular formula is C18H19ClN2O5. The quantitative estimate of drug-likeness (QED) is 0.549. The lowest BCUT2D eigenvalue weighted by molar-refractivity contribution is -0.136. The molecule has 2 amide bonds. The topological polar surface area (TPSA) is 96.9 Å². The molecule has 0 fully saturated rings. The summed E-state index contributed by atoms with van der Waals surface area (Å²) in [7, 11) is 3.04. The van der Waals surface area contributed by atoms with Gasteiger partial charge in [0.25, 0.3) is 0 Å². The molecule has 0 bridgehead atoms. The number of anilines is 1. The fourth-order valence-electron chi connectivity index (χ4n) is 2.26. The van der Waals surface area contributed by atoms with Crippen molar-refractivity contribution in [1.82, 2.24) is 5.32 Å². The van der Waals surface area contributed by atoms with Crippen molar-refractivity contribution in [3.8, 4) is 17.2 Å². The molecule has 3 N–H and O–H groups in total. The van der Waals surface area contributed by atoms with Crippen molar-refractivity contribution in [2.75, 3.05) is 19.5 Å². The molecule has 0 spiro atoms. The van der Waals surface area contributed by atoms with E-state index >= 15 is 0 Å². The van der Waals surface area contributed by atoms with Crippen molar-refractivity contribution < 1.29 is 24.2 Å². The van der Waals surface area contributed by atoms with Crippen LogP contribution in [0.4, 0.5) is 5.69 Å². The van der Waals surface area contributed by atoms with E-state index in [0.29, 0.717) is 16.5 Å². The second-order valence-electron chi connectivity index (χ2n) is 5.43. The first-order valence-electron chi connectivity index (χ1n) is 7.68. The van der Waals surface area contributed by atoms with Crippen molar-refractivity contribution in [1.29, 1.82) is 0 Å². The van der Waals surface area contributed by atoms with Gasteiger partial charge in [0, 0.05) is 5.02 Å². The van der Waals surface area contributed by atoms with Gasteiger partial charge < -0.3 is 25.2 Å². The molecule has 8 heteroatoms. The highest BCUT2D eigenvalue weighted by Gasteiger charge is 2.19. The third kappa shape index (κ3) is 4.58. The Morgan fingerprint density at radius 3 is 2.38 bits per heavy atom. The van der Waals surface area contributed by atoms with Gasteiger partial charge in [-0.2, -0.15) is 0 Å². The normalized spacial score (nSPS) is 11.4. The molecule has 1 atom stereocenters. The second-order valence-corrected chi connectivity index (χ2v) is 5.86. The van der Waals surface area contributed by atoms with Crippen molar-refractivity contribution in [3.63, 3.8) is 0 Å². The standard InChI is InChI=1S/C18H19ClN2O5/c1-10(11-4-7-15(25-2)16(8-11)26-3)20-17(23)18(24)21-13-9-12(19)5-6-14(13)22/h4-10,22H,1-3H3,(H,20,23)(H,21,24). The van der Waals surface area contributed by atoms with Gasteiger partial charge in [-0.05, 0) is 42.8 Å². The Hall–Kier alpha value is -2.93. The van der Waals surface area contributed by atoms with Gasteiger partial charge in [-0.25, -0.2) is 0 Å². The number of phenols is 1. The number of ether oxygens (including phenoxy) is 2. The van der Waals surface area contributed by atoms with E-state index in [0.717, 1.165) is 5.56 Å². The van der Waals surface area contributed by atoms with Gasteiger partial charge in [-0.1, -0.05) is 17.7 Å². The number of hydrogen-bond donors (Lipinski definition) is 3. The van der Waals surface area contributed by atoms with Crippen molar-refractivity contribution in [2.45, 2.75) is 13.0 Å². The van der Waals surface area contributed by atoms with Crippen LogP contribution in [0.25, 0.3) is 0 Å². The molecule has 0 aliphatic rings. The highest BCUT2D eigenvalue weighted by Crippen LogP contribution is 2.30. The number of rotatable bonds is 5. The Morgan fingerprint density at radius 1 is 1.04 bits per heavy atom. The van der Waals surface area contributed by atoms with Crippen molar-refractivity contribution >= 4 is 29.1 Å². The number of amides is 2. The number of hydrogen-bond acceptors (Lipinski definition) is 5. The van der Waals surface area contributed by atoms with Gasteiger partial charge in [0.1, 0.15) is 5.75 Å². The molecule has 7 nitrogen and oxygen atoms in total. The highest BCUT2D eigenvalue weighted by molar-refractivity contribution is 6.40. The third-order valence-corrected chi connectivity index (χ3v) is 3.90. The van der Waals surface area contributed by atoms with Crippen LogP contribution in [-0.4, -0.2) is 31.1 Å². The number of aromatic hydroxyl groups is 1. The molecule has 0 heterocycles. The minimum absolute atomic E-state index is 0.0522. The molecule has 0 aliphatic carbocycles. The minimum atomic E-state index is -0.921. The summed E-state index contributed by atoms with van der Waals surface area (Å²) in [6.45, 7) is 1.73. The molecule has 0 radical (unpaired) electrons. The largest absolute Gasteiger partial charge is 0.506 e. The third-order valence-electron chi connectivity index (χ3n) is 3.67. The zero-order valence-electron chi connectivity index (χ0n) is 14.5. The zero-order chi connectivity index (χ0) is 19.3. The molecule has 2 aromatic rings. The minimum Gasteiger partial charge on any atom is -0.506 e. The average Bonchev–Trinajstić information content (AvgIpc) is 2.63.